The standard InChI is InChI=1S/C20H24N6O2/c1-2-6-15(7-3-1)14-28-24-18-16-8-4-5-9-17(16)21-19-22-20(23-26(18)19)25-10-12-27-13-11-25/h1-3,6-7,24H,4-5,8-14H2. The number of aryl methyl sites for hydroxylation is 1. The van der Waals surface area contributed by atoms with E-state index in [0.29, 0.717) is 31.5 Å². The Labute approximate surface area is 163 Å². The molecular formula is C20H24N6O2. The summed E-state index contributed by atoms with van der Waals surface area (Å²) in [5.41, 5.74) is 6.56. The highest BCUT2D eigenvalue weighted by Crippen LogP contribution is 2.28. The number of hydrogen-bond acceptors (Lipinski definition) is 7. The zero-order chi connectivity index (χ0) is 18.8. The molecule has 2 aromatic heterocycles. The number of fused-ring (bicyclic) bond motifs is 2. The number of aromatic nitrogens is 4. The molecule has 0 saturated carbocycles. The van der Waals surface area contributed by atoms with Gasteiger partial charge in [0.1, 0.15) is 0 Å². The van der Waals surface area contributed by atoms with Crippen molar-refractivity contribution in [3.8, 4) is 0 Å². The number of morpholine rings is 1. The molecule has 0 atom stereocenters. The van der Waals surface area contributed by atoms with Gasteiger partial charge in [-0.2, -0.15) is 9.50 Å². The lowest BCUT2D eigenvalue weighted by Gasteiger charge is -2.25. The first-order valence-corrected chi connectivity index (χ1v) is 9.91. The van der Waals surface area contributed by atoms with Crippen LogP contribution in [0, 0.1) is 0 Å². The Bertz CT molecular complexity index is 952. The summed E-state index contributed by atoms with van der Waals surface area (Å²) in [7, 11) is 0. The molecule has 1 aromatic carbocycles. The van der Waals surface area contributed by atoms with E-state index < -0.39 is 0 Å². The third-order valence-corrected chi connectivity index (χ3v) is 5.29. The molecule has 0 spiro atoms. The summed E-state index contributed by atoms with van der Waals surface area (Å²) < 4.78 is 7.24. The second-order valence-electron chi connectivity index (χ2n) is 7.19. The van der Waals surface area contributed by atoms with Crippen LogP contribution in [0.15, 0.2) is 30.3 Å². The van der Waals surface area contributed by atoms with Crippen LogP contribution in [-0.2, 0) is 29.0 Å². The fraction of sp³-hybridized carbons (Fsp3) is 0.450. The van der Waals surface area contributed by atoms with E-state index in [4.69, 9.17) is 19.7 Å². The number of hydrogen-bond donors (Lipinski definition) is 1. The predicted octanol–water partition coefficient (Wildman–Crippen LogP) is 2.38. The van der Waals surface area contributed by atoms with Crippen molar-refractivity contribution >= 4 is 17.5 Å². The minimum atomic E-state index is 0.477. The summed E-state index contributed by atoms with van der Waals surface area (Å²) >= 11 is 0. The Kier molecular flexibility index (Phi) is 4.80. The van der Waals surface area contributed by atoms with Crippen LogP contribution >= 0.6 is 0 Å². The average Bonchev–Trinajstić information content (AvgIpc) is 3.18. The number of nitrogens with one attached hydrogen (secondary N) is 1. The van der Waals surface area contributed by atoms with E-state index in [-0.39, 0.29) is 0 Å². The Morgan fingerprint density at radius 1 is 1.04 bits per heavy atom. The first-order valence-electron chi connectivity index (χ1n) is 9.91. The van der Waals surface area contributed by atoms with Gasteiger partial charge in [-0.05, 0) is 31.2 Å². The highest BCUT2D eigenvalue weighted by atomic mass is 16.6. The molecule has 0 amide bonds. The van der Waals surface area contributed by atoms with Crippen molar-refractivity contribution in [2.45, 2.75) is 32.3 Å². The molecule has 1 N–H and O–H groups in total. The predicted molar refractivity (Wildman–Crippen MR) is 105 cm³/mol. The van der Waals surface area contributed by atoms with Gasteiger partial charge < -0.3 is 9.64 Å². The summed E-state index contributed by atoms with van der Waals surface area (Å²) in [5, 5.41) is 4.74. The minimum Gasteiger partial charge on any atom is -0.378 e. The van der Waals surface area contributed by atoms with Gasteiger partial charge in [0.2, 0.25) is 5.95 Å². The van der Waals surface area contributed by atoms with Crippen LogP contribution in [-0.4, -0.2) is 45.9 Å². The number of nitrogens with zero attached hydrogens (tertiary/aromatic N) is 5. The van der Waals surface area contributed by atoms with Gasteiger partial charge in [-0.3, -0.25) is 4.84 Å². The van der Waals surface area contributed by atoms with Crippen LogP contribution in [0.5, 0.6) is 0 Å². The van der Waals surface area contributed by atoms with Gasteiger partial charge in [0.25, 0.3) is 5.78 Å². The van der Waals surface area contributed by atoms with Crippen molar-refractivity contribution in [1.29, 1.82) is 0 Å². The topological polar surface area (TPSA) is 76.8 Å². The molecule has 5 rings (SSSR count). The van der Waals surface area contributed by atoms with E-state index in [1.165, 1.54) is 5.56 Å². The summed E-state index contributed by atoms with van der Waals surface area (Å²) in [6.07, 6.45) is 4.25. The van der Waals surface area contributed by atoms with Crippen molar-refractivity contribution in [1.82, 2.24) is 19.6 Å². The second-order valence-corrected chi connectivity index (χ2v) is 7.19. The van der Waals surface area contributed by atoms with Crippen molar-refractivity contribution in [2.75, 3.05) is 36.7 Å². The van der Waals surface area contributed by atoms with E-state index in [0.717, 1.165) is 55.8 Å². The first-order chi connectivity index (χ1) is 13.9. The third kappa shape index (κ3) is 3.41. The molecule has 1 fully saturated rings. The van der Waals surface area contributed by atoms with Gasteiger partial charge in [-0.15, -0.1) is 5.10 Å². The van der Waals surface area contributed by atoms with E-state index in [1.54, 1.807) is 4.52 Å². The molecule has 146 valence electrons. The molecule has 0 unspecified atom stereocenters. The lowest BCUT2D eigenvalue weighted by Crippen LogP contribution is -2.36. The minimum absolute atomic E-state index is 0.477. The zero-order valence-corrected chi connectivity index (χ0v) is 15.8. The second kappa shape index (κ2) is 7.73. The molecular weight excluding hydrogens is 356 g/mol. The Hall–Kier alpha value is -2.71. The van der Waals surface area contributed by atoms with Crippen molar-refractivity contribution < 1.29 is 9.57 Å². The molecule has 0 bridgehead atoms. The largest absolute Gasteiger partial charge is 0.378 e. The van der Waals surface area contributed by atoms with E-state index in [1.807, 2.05) is 30.3 Å². The molecule has 1 aliphatic carbocycles. The molecule has 1 saturated heterocycles. The van der Waals surface area contributed by atoms with Crippen molar-refractivity contribution in [3.63, 3.8) is 0 Å². The molecule has 0 radical (unpaired) electrons. The lowest BCUT2D eigenvalue weighted by atomic mass is 9.96. The average molecular weight is 380 g/mol. The van der Waals surface area contributed by atoms with Gasteiger partial charge >= 0.3 is 0 Å². The van der Waals surface area contributed by atoms with Gasteiger partial charge in [-0.25, -0.2) is 10.5 Å². The fourth-order valence-electron chi connectivity index (χ4n) is 3.80. The van der Waals surface area contributed by atoms with Gasteiger partial charge in [0.05, 0.1) is 25.5 Å². The number of ether oxygens (including phenoxy) is 1. The van der Waals surface area contributed by atoms with Crippen LogP contribution in [0.3, 0.4) is 0 Å². The summed E-state index contributed by atoms with van der Waals surface area (Å²) in [6.45, 7) is 3.47. The summed E-state index contributed by atoms with van der Waals surface area (Å²) in [5.74, 6) is 2.17. The quantitative estimate of drug-likeness (QED) is 0.681. The van der Waals surface area contributed by atoms with Crippen LogP contribution in [0.25, 0.3) is 5.78 Å². The van der Waals surface area contributed by atoms with Crippen LogP contribution in [0.2, 0.25) is 0 Å². The smallest absolute Gasteiger partial charge is 0.256 e. The number of anilines is 2. The molecule has 3 aromatic rings. The normalized spacial score (nSPS) is 16.9. The van der Waals surface area contributed by atoms with Crippen LogP contribution in [0.4, 0.5) is 11.8 Å². The highest BCUT2D eigenvalue weighted by molar-refractivity contribution is 5.55. The van der Waals surface area contributed by atoms with Gasteiger partial charge in [0.15, 0.2) is 5.82 Å². The number of benzene rings is 1. The van der Waals surface area contributed by atoms with E-state index in [2.05, 4.69) is 15.4 Å². The van der Waals surface area contributed by atoms with Gasteiger partial charge in [0, 0.05) is 18.7 Å². The summed E-state index contributed by atoms with van der Waals surface area (Å²) in [4.78, 5) is 17.5. The van der Waals surface area contributed by atoms with E-state index >= 15 is 0 Å². The van der Waals surface area contributed by atoms with Crippen LogP contribution in [0.1, 0.15) is 29.7 Å². The zero-order valence-electron chi connectivity index (χ0n) is 15.8. The fourth-order valence-corrected chi connectivity index (χ4v) is 3.80. The molecule has 3 heterocycles. The molecule has 8 heteroatoms. The monoisotopic (exact) mass is 380 g/mol. The lowest BCUT2D eigenvalue weighted by molar-refractivity contribution is 0.122. The maximum Gasteiger partial charge on any atom is 0.256 e. The van der Waals surface area contributed by atoms with Crippen molar-refractivity contribution in [3.05, 3.63) is 47.2 Å². The highest BCUT2D eigenvalue weighted by Gasteiger charge is 2.23. The first kappa shape index (κ1) is 17.4. The third-order valence-electron chi connectivity index (χ3n) is 5.29. The Balaban J connectivity index is 1.46. The van der Waals surface area contributed by atoms with Crippen molar-refractivity contribution in [2.24, 2.45) is 0 Å². The molecule has 8 nitrogen and oxygen atoms in total. The Morgan fingerprint density at radius 2 is 1.86 bits per heavy atom. The molecule has 1 aliphatic heterocycles. The summed E-state index contributed by atoms with van der Waals surface area (Å²) in [6, 6.07) is 10.1. The molecule has 2 aliphatic rings. The van der Waals surface area contributed by atoms with Crippen LogP contribution < -0.4 is 10.4 Å². The Morgan fingerprint density at radius 3 is 2.71 bits per heavy atom. The molecule has 28 heavy (non-hydrogen) atoms. The number of rotatable bonds is 5. The maximum atomic E-state index is 5.83. The SMILES string of the molecule is c1ccc(CONc2c3c(nc4nc(N5CCOCC5)nn24)CCCC3)cc1. The van der Waals surface area contributed by atoms with E-state index in [9.17, 15) is 0 Å². The maximum absolute atomic E-state index is 5.83. The van der Waals surface area contributed by atoms with Gasteiger partial charge in [-0.1, -0.05) is 30.3 Å².